The lowest BCUT2D eigenvalue weighted by molar-refractivity contribution is -0.131. The molecule has 0 aromatic carbocycles. The minimum atomic E-state index is 0.140. The average Bonchev–Trinajstić information content (AvgIpc) is 3.36. The quantitative estimate of drug-likeness (QED) is 0.0359. The molecule has 0 spiro atoms. The van der Waals surface area contributed by atoms with Gasteiger partial charge in [0, 0.05) is 71.6 Å². The Hall–Kier alpha value is -2.45. The van der Waals surface area contributed by atoms with E-state index >= 15 is 0 Å². The summed E-state index contributed by atoms with van der Waals surface area (Å²) in [6, 6.07) is 0. The highest BCUT2D eigenvalue weighted by Gasteiger charge is 2.13. The maximum atomic E-state index is 13.4. The molecule has 3 amide bonds. The van der Waals surface area contributed by atoms with Gasteiger partial charge >= 0.3 is 0 Å². The number of allylic oxidation sites excluding steroid dienone is 6. The molecule has 4 N–H and O–H groups in total. The van der Waals surface area contributed by atoms with Crippen molar-refractivity contribution < 1.29 is 14.4 Å². The van der Waals surface area contributed by atoms with E-state index in [0.29, 0.717) is 71.6 Å². The zero-order chi connectivity index (χ0) is 50.7. The van der Waals surface area contributed by atoms with Gasteiger partial charge in [-0.1, -0.05) is 211 Å². The topological polar surface area (TPSA) is 103 Å². The molecule has 0 unspecified atom stereocenters. The summed E-state index contributed by atoms with van der Waals surface area (Å²) in [5.74, 6) is 0.505. The molecule has 0 saturated carbocycles. The Morgan fingerprint density at radius 2 is 0.557 bits per heavy atom. The maximum absolute atomic E-state index is 13.4. The van der Waals surface area contributed by atoms with Crippen LogP contribution in [0.5, 0.6) is 0 Å². The molecule has 8 nitrogen and oxygen atoms in total. The van der Waals surface area contributed by atoms with Crippen molar-refractivity contribution in [3.8, 4) is 0 Å². The molecule has 0 rings (SSSR count). The molecular formula is C62H119N5O3. The van der Waals surface area contributed by atoms with Gasteiger partial charge in [-0.25, -0.2) is 0 Å². The highest BCUT2D eigenvalue weighted by atomic mass is 16.2. The molecule has 8 heteroatoms. The molecule has 0 aliphatic rings. The summed E-state index contributed by atoms with van der Waals surface area (Å²) in [4.78, 5) is 40.3. The summed E-state index contributed by atoms with van der Waals surface area (Å²) in [6.45, 7) is 12.1. The van der Waals surface area contributed by atoms with Crippen LogP contribution in [0.1, 0.15) is 290 Å². The smallest absolute Gasteiger partial charge is 0.222 e. The third-order valence-electron chi connectivity index (χ3n) is 13.7. The normalized spacial score (nSPS) is 11.8. The van der Waals surface area contributed by atoms with Crippen molar-refractivity contribution in [3.05, 3.63) is 36.5 Å². The lowest BCUT2D eigenvalue weighted by atomic mass is 10.1. The van der Waals surface area contributed by atoms with E-state index in [1.807, 2.05) is 4.90 Å². The summed E-state index contributed by atoms with van der Waals surface area (Å²) in [7, 11) is 0. The van der Waals surface area contributed by atoms with E-state index in [9.17, 15) is 14.4 Å². The van der Waals surface area contributed by atoms with Crippen molar-refractivity contribution in [1.29, 1.82) is 0 Å². The second kappa shape index (κ2) is 59.1. The van der Waals surface area contributed by atoms with Crippen molar-refractivity contribution >= 4 is 17.7 Å². The number of carbonyl (C=O) groups excluding carboxylic acids is 3. The van der Waals surface area contributed by atoms with Crippen molar-refractivity contribution in [2.45, 2.75) is 290 Å². The number of nitrogens with one attached hydrogen (secondary N) is 4. The first-order valence-electron chi connectivity index (χ1n) is 30.7. The fourth-order valence-electron chi connectivity index (χ4n) is 9.01. The minimum Gasteiger partial charge on any atom is -0.355 e. The third kappa shape index (κ3) is 54.9. The van der Waals surface area contributed by atoms with E-state index in [4.69, 9.17) is 0 Å². The van der Waals surface area contributed by atoms with Gasteiger partial charge in [-0.15, -0.1) is 0 Å². The summed E-state index contributed by atoms with van der Waals surface area (Å²) < 4.78 is 0. The number of amides is 3. The monoisotopic (exact) mass is 982 g/mol. The van der Waals surface area contributed by atoms with Crippen LogP contribution in [0.2, 0.25) is 0 Å². The Bertz CT molecular complexity index is 1120. The lowest BCUT2D eigenvalue weighted by Gasteiger charge is -2.23. The Balaban J connectivity index is 4.29. The van der Waals surface area contributed by atoms with Gasteiger partial charge in [0.25, 0.3) is 0 Å². The summed E-state index contributed by atoms with van der Waals surface area (Å²) in [5, 5.41) is 13.0. The number of unbranched alkanes of at least 4 members (excludes halogenated alkanes) is 33. The van der Waals surface area contributed by atoms with Crippen LogP contribution in [0.15, 0.2) is 36.5 Å². The Kier molecular flexibility index (Phi) is 57.0. The fraction of sp³-hybridized carbons (Fsp3) is 0.855. The van der Waals surface area contributed by atoms with Crippen LogP contribution < -0.4 is 21.3 Å². The van der Waals surface area contributed by atoms with E-state index in [0.717, 1.165) is 38.5 Å². The Morgan fingerprint density at radius 3 is 0.857 bits per heavy atom. The van der Waals surface area contributed by atoms with Crippen molar-refractivity contribution in [2.24, 2.45) is 0 Å². The van der Waals surface area contributed by atoms with E-state index in [1.54, 1.807) is 0 Å². The average molecular weight is 983 g/mol. The third-order valence-corrected chi connectivity index (χ3v) is 13.7. The Morgan fingerprint density at radius 1 is 0.300 bits per heavy atom. The van der Waals surface area contributed by atoms with E-state index < -0.39 is 0 Å². The van der Waals surface area contributed by atoms with E-state index in [1.165, 1.54) is 212 Å². The van der Waals surface area contributed by atoms with Crippen LogP contribution in [-0.4, -0.2) is 75.0 Å². The lowest BCUT2D eigenvalue weighted by Crippen LogP contribution is -2.42. The highest BCUT2D eigenvalue weighted by Crippen LogP contribution is 2.14. The minimum absolute atomic E-state index is 0.140. The number of hydrogen-bond donors (Lipinski definition) is 4. The van der Waals surface area contributed by atoms with Crippen LogP contribution >= 0.6 is 0 Å². The molecule has 0 heterocycles. The van der Waals surface area contributed by atoms with Crippen molar-refractivity contribution in [3.63, 3.8) is 0 Å². The fourth-order valence-corrected chi connectivity index (χ4v) is 9.01. The van der Waals surface area contributed by atoms with Crippen LogP contribution in [0.4, 0.5) is 0 Å². The molecule has 0 saturated heterocycles. The van der Waals surface area contributed by atoms with Gasteiger partial charge in [0.15, 0.2) is 0 Å². The second-order valence-electron chi connectivity index (χ2n) is 20.6. The van der Waals surface area contributed by atoms with Crippen molar-refractivity contribution in [2.75, 3.05) is 52.4 Å². The zero-order valence-electron chi connectivity index (χ0n) is 47.0. The zero-order valence-corrected chi connectivity index (χ0v) is 47.0. The molecule has 70 heavy (non-hydrogen) atoms. The first kappa shape index (κ1) is 67.5. The molecule has 0 atom stereocenters. The number of carbonyl (C=O) groups is 3. The van der Waals surface area contributed by atoms with Gasteiger partial charge in [-0.2, -0.15) is 0 Å². The van der Waals surface area contributed by atoms with Gasteiger partial charge in [0.1, 0.15) is 0 Å². The first-order valence-corrected chi connectivity index (χ1v) is 30.7. The molecule has 0 aromatic rings. The van der Waals surface area contributed by atoms with Crippen LogP contribution in [0.3, 0.4) is 0 Å². The van der Waals surface area contributed by atoms with E-state index in [-0.39, 0.29) is 17.7 Å². The number of hydrogen-bond acceptors (Lipinski definition) is 5. The molecular weight excluding hydrogens is 863 g/mol. The van der Waals surface area contributed by atoms with Crippen molar-refractivity contribution in [1.82, 2.24) is 26.2 Å². The molecule has 410 valence electrons. The predicted octanol–water partition coefficient (Wildman–Crippen LogP) is 16.3. The van der Waals surface area contributed by atoms with Gasteiger partial charge in [0.05, 0.1) is 0 Å². The summed E-state index contributed by atoms with van der Waals surface area (Å²) in [5.41, 5.74) is 0. The Labute approximate surface area is 435 Å². The molecule has 0 aliphatic carbocycles. The van der Waals surface area contributed by atoms with E-state index in [2.05, 4.69) is 78.5 Å². The summed E-state index contributed by atoms with van der Waals surface area (Å²) >= 11 is 0. The molecule has 0 radical (unpaired) electrons. The molecule has 0 aromatic heterocycles. The molecule has 0 fully saturated rings. The maximum Gasteiger partial charge on any atom is 0.222 e. The van der Waals surface area contributed by atoms with Crippen LogP contribution in [0.25, 0.3) is 0 Å². The van der Waals surface area contributed by atoms with Crippen LogP contribution in [0, 0.1) is 0 Å². The van der Waals surface area contributed by atoms with Gasteiger partial charge < -0.3 is 26.2 Å². The number of rotatable bonds is 57. The van der Waals surface area contributed by atoms with Gasteiger partial charge in [-0.05, 0) is 96.3 Å². The SMILES string of the molecule is CCCCCCCC/C=C\CCCCCCCC(=O)NCCNCCN(CCNCCNC(=O)CCCCCCC/C=C\CCCCCCCC)C(=O)CCCCCCC/C=C\CCCCCCCC. The van der Waals surface area contributed by atoms with Gasteiger partial charge in [-0.3, -0.25) is 14.4 Å². The number of nitrogens with zero attached hydrogens (tertiary/aromatic N) is 1. The molecule has 0 aliphatic heterocycles. The second-order valence-corrected chi connectivity index (χ2v) is 20.6. The highest BCUT2D eigenvalue weighted by molar-refractivity contribution is 5.76. The first-order chi connectivity index (χ1) is 34.5. The summed E-state index contributed by atoms with van der Waals surface area (Å²) in [6.07, 6.45) is 65.0. The largest absolute Gasteiger partial charge is 0.355 e. The predicted molar refractivity (Wildman–Crippen MR) is 307 cm³/mol. The van der Waals surface area contributed by atoms with Gasteiger partial charge in [0.2, 0.25) is 17.7 Å². The standard InChI is InChI=1S/C62H119N5O3/c1-4-7-10-13-16-19-22-25-28-31-34-37-40-43-46-49-60(68)65-54-52-63-56-58-67(62(70)51-48-45-42-39-36-33-30-27-24-21-18-15-12-9-6-3)59-57-64-53-55-66-61(69)50-47-44-41-38-35-32-29-26-23-20-17-14-11-8-5-2/h25-30,63-64H,4-24,31-59H2,1-3H3,(H,65,68)(H,66,69)/b28-25-,29-26-,30-27-. The molecule has 0 bridgehead atoms. The van der Waals surface area contributed by atoms with Crippen LogP contribution in [-0.2, 0) is 14.4 Å².